The highest BCUT2D eigenvalue weighted by molar-refractivity contribution is 5.55. The van der Waals surface area contributed by atoms with Crippen LogP contribution in [-0.2, 0) is 13.1 Å². The highest BCUT2D eigenvalue weighted by Gasteiger charge is 2.12. The summed E-state index contributed by atoms with van der Waals surface area (Å²) in [6, 6.07) is 6.07. The number of hydrogen-bond acceptors (Lipinski definition) is 4. The van der Waals surface area contributed by atoms with Gasteiger partial charge in [0, 0.05) is 36.2 Å². The molecule has 0 aliphatic rings. The first-order valence-corrected chi connectivity index (χ1v) is 6.45. The largest absolute Gasteiger partial charge is 0.464 e. The number of rotatable bonds is 4. The van der Waals surface area contributed by atoms with E-state index >= 15 is 0 Å². The zero-order chi connectivity index (χ0) is 14.0. The summed E-state index contributed by atoms with van der Waals surface area (Å²) < 4.78 is 5.62. The molecule has 0 aromatic carbocycles. The Kier molecular flexibility index (Phi) is 3.90. The monoisotopic (exact) mass is 259 g/mol. The third kappa shape index (κ3) is 2.96. The molecule has 2 aromatic rings. The van der Waals surface area contributed by atoms with E-state index in [1.54, 1.807) is 0 Å². The fourth-order valence-corrected chi connectivity index (χ4v) is 2.32. The summed E-state index contributed by atoms with van der Waals surface area (Å²) in [5.41, 5.74) is 10.1. The van der Waals surface area contributed by atoms with Crippen molar-refractivity contribution in [3.05, 3.63) is 46.7 Å². The number of furan rings is 1. The molecule has 2 N–H and O–H groups in total. The van der Waals surface area contributed by atoms with E-state index in [1.807, 2.05) is 40.0 Å². The van der Waals surface area contributed by atoms with Crippen LogP contribution >= 0.6 is 0 Å². The molecule has 0 unspecified atom stereocenters. The Bertz CT molecular complexity index is 575. The number of nitrogens with zero attached hydrogens (tertiary/aromatic N) is 2. The molecule has 0 spiro atoms. The van der Waals surface area contributed by atoms with Gasteiger partial charge in [0.25, 0.3) is 0 Å². The van der Waals surface area contributed by atoms with E-state index in [1.165, 1.54) is 0 Å². The minimum Gasteiger partial charge on any atom is -0.464 e. The van der Waals surface area contributed by atoms with E-state index in [4.69, 9.17) is 10.2 Å². The van der Waals surface area contributed by atoms with Gasteiger partial charge in [-0.15, -0.1) is 0 Å². The van der Waals surface area contributed by atoms with E-state index in [9.17, 15) is 0 Å². The minimum atomic E-state index is 0.496. The maximum Gasteiger partial charge on any atom is 0.123 e. The number of aryl methyl sites for hydroxylation is 3. The van der Waals surface area contributed by atoms with E-state index in [-0.39, 0.29) is 0 Å². The number of aromatic nitrogens is 1. The van der Waals surface area contributed by atoms with Crippen LogP contribution in [0.15, 0.2) is 22.6 Å². The zero-order valence-electron chi connectivity index (χ0n) is 12.0. The highest BCUT2D eigenvalue weighted by atomic mass is 16.3. The van der Waals surface area contributed by atoms with Crippen molar-refractivity contribution in [2.75, 3.05) is 11.9 Å². The van der Waals surface area contributed by atoms with Crippen molar-refractivity contribution in [3.8, 4) is 0 Å². The second kappa shape index (κ2) is 5.45. The topological polar surface area (TPSA) is 55.3 Å². The summed E-state index contributed by atoms with van der Waals surface area (Å²) in [5.74, 6) is 1.89. The molecule has 0 atom stereocenters. The molecule has 4 heteroatoms. The first-order chi connectivity index (χ1) is 9.01. The lowest BCUT2D eigenvalue weighted by atomic mass is 10.1. The van der Waals surface area contributed by atoms with Crippen molar-refractivity contribution in [3.63, 3.8) is 0 Å². The van der Waals surface area contributed by atoms with Crippen LogP contribution in [0, 0.1) is 20.8 Å². The van der Waals surface area contributed by atoms with Gasteiger partial charge < -0.3 is 15.1 Å². The maximum absolute atomic E-state index is 5.85. The fraction of sp³-hybridized carbons (Fsp3) is 0.400. The van der Waals surface area contributed by atoms with Crippen LogP contribution in [-0.4, -0.2) is 12.0 Å². The first kappa shape index (κ1) is 13.6. The van der Waals surface area contributed by atoms with Crippen molar-refractivity contribution < 1.29 is 4.42 Å². The Morgan fingerprint density at radius 2 is 2.00 bits per heavy atom. The third-order valence-corrected chi connectivity index (χ3v) is 3.24. The average Bonchev–Trinajstić information content (AvgIpc) is 2.73. The quantitative estimate of drug-likeness (QED) is 0.917. The number of pyridine rings is 1. The molecule has 0 amide bonds. The molecule has 2 rings (SSSR count). The summed E-state index contributed by atoms with van der Waals surface area (Å²) in [7, 11) is 2.05. The summed E-state index contributed by atoms with van der Waals surface area (Å²) in [5, 5.41) is 0. The average molecular weight is 259 g/mol. The lowest BCUT2D eigenvalue weighted by Gasteiger charge is -2.22. The van der Waals surface area contributed by atoms with Gasteiger partial charge in [-0.3, -0.25) is 4.98 Å². The van der Waals surface area contributed by atoms with Gasteiger partial charge >= 0.3 is 0 Å². The molecule has 102 valence electrons. The Balaban J connectivity index is 2.30. The number of anilines is 1. The van der Waals surface area contributed by atoms with Crippen molar-refractivity contribution in [1.29, 1.82) is 0 Å². The van der Waals surface area contributed by atoms with Crippen LogP contribution in [0.1, 0.15) is 28.5 Å². The van der Waals surface area contributed by atoms with Crippen molar-refractivity contribution in [1.82, 2.24) is 4.98 Å². The van der Waals surface area contributed by atoms with Gasteiger partial charge in [-0.1, -0.05) is 0 Å². The molecule has 0 aliphatic carbocycles. The summed E-state index contributed by atoms with van der Waals surface area (Å²) in [6.07, 6.45) is 0. The molecule has 0 saturated heterocycles. The van der Waals surface area contributed by atoms with E-state index in [0.717, 1.165) is 40.7 Å². The molecule has 19 heavy (non-hydrogen) atoms. The van der Waals surface area contributed by atoms with Crippen LogP contribution in [0.5, 0.6) is 0 Å². The summed E-state index contributed by atoms with van der Waals surface area (Å²) >= 11 is 0. The maximum atomic E-state index is 5.85. The molecule has 0 saturated carbocycles. The van der Waals surface area contributed by atoms with E-state index in [2.05, 4.69) is 16.0 Å². The molecule has 2 aromatic heterocycles. The molecule has 0 radical (unpaired) electrons. The lowest BCUT2D eigenvalue weighted by molar-refractivity contribution is 0.481. The minimum absolute atomic E-state index is 0.496. The van der Waals surface area contributed by atoms with Crippen LogP contribution in [0.4, 0.5) is 5.69 Å². The molecule has 0 aliphatic heterocycles. The second-order valence-electron chi connectivity index (χ2n) is 4.92. The Hall–Kier alpha value is -1.81. The Labute approximate surface area is 114 Å². The zero-order valence-corrected chi connectivity index (χ0v) is 12.0. The van der Waals surface area contributed by atoms with Crippen LogP contribution in [0.3, 0.4) is 0 Å². The van der Waals surface area contributed by atoms with Gasteiger partial charge in [-0.2, -0.15) is 0 Å². The summed E-state index contributed by atoms with van der Waals surface area (Å²) in [4.78, 5) is 6.62. The van der Waals surface area contributed by atoms with Gasteiger partial charge in [-0.05, 0) is 39.0 Å². The normalized spacial score (nSPS) is 10.8. The molecular weight excluding hydrogens is 238 g/mol. The van der Waals surface area contributed by atoms with Gasteiger partial charge in [0.2, 0.25) is 0 Å². The van der Waals surface area contributed by atoms with E-state index in [0.29, 0.717) is 6.54 Å². The Morgan fingerprint density at radius 1 is 1.26 bits per heavy atom. The molecule has 0 fully saturated rings. The van der Waals surface area contributed by atoms with Gasteiger partial charge in [-0.25, -0.2) is 0 Å². The van der Waals surface area contributed by atoms with Crippen molar-refractivity contribution >= 4 is 5.69 Å². The first-order valence-electron chi connectivity index (χ1n) is 6.45. The highest BCUT2D eigenvalue weighted by Crippen LogP contribution is 2.24. The molecular formula is C15H21N3O. The summed E-state index contributed by atoms with van der Waals surface area (Å²) in [6.45, 7) is 7.18. The van der Waals surface area contributed by atoms with Crippen LogP contribution in [0.2, 0.25) is 0 Å². The Morgan fingerprint density at radius 3 is 2.58 bits per heavy atom. The van der Waals surface area contributed by atoms with Crippen LogP contribution in [0.25, 0.3) is 0 Å². The van der Waals surface area contributed by atoms with Gasteiger partial charge in [0.15, 0.2) is 0 Å². The molecule has 0 bridgehead atoms. The van der Waals surface area contributed by atoms with Gasteiger partial charge in [0.1, 0.15) is 11.5 Å². The van der Waals surface area contributed by atoms with Crippen molar-refractivity contribution in [2.24, 2.45) is 5.73 Å². The molecule has 2 heterocycles. The van der Waals surface area contributed by atoms with Gasteiger partial charge in [0.05, 0.1) is 6.54 Å². The third-order valence-electron chi connectivity index (χ3n) is 3.24. The fourth-order valence-electron chi connectivity index (χ4n) is 2.32. The number of nitrogens with two attached hydrogens (primary N) is 1. The van der Waals surface area contributed by atoms with Crippen LogP contribution < -0.4 is 10.6 Å². The predicted octanol–water partition coefficient (Wildman–Crippen LogP) is 2.69. The second-order valence-corrected chi connectivity index (χ2v) is 4.92. The standard InChI is InChI=1S/C15H21N3O/c1-10-7-15(14(8-16)12(3)17-10)18(4)9-13-6-5-11(2)19-13/h5-7H,8-9,16H2,1-4H3. The number of hydrogen-bond donors (Lipinski definition) is 1. The van der Waals surface area contributed by atoms with E-state index < -0.39 is 0 Å². The molecule has 4 nitrogen and oxygen atoms in total. The SMILES string of the molecule is Cc1cc(N(C)Cc2ccc(C)o2)c(CN)c(C)n1. The smallest absolute Gasteiger partial charge is 0.123 e. The predicted molar refractivity (Wildman–Crippen MR) is 77.2 cm³/mol. The van der Waals surface area contributed by atoms with Crippen molar-refractivity contribution in [2.45, 2.75) is 33.9 Å². The lowest BCUT2D eigenvalue weighted by Crippen LogP contribution is -2.20.